The molecule has 2 aliphatic rings. The van der Waals surface area contributed by atoms with Crippen LogP contribution in [0.5, 0.6) is 0 Å². The standard InChI is InChI=1S/C15H21N3O4/c1-14(21)4-9-22-15(13(14)20)2-7-18(8-3-15)12(19)11-10-16-5-6-17-11/h5-6,10,13,20-21H,2-4,7-9H2,1H3/t13-,14+/m0/s1. The van der Waals surface area contributed by atoms with E-state index in [0.717, 1.165) is 0 Å². The van der Waals surface area contributed by atoms with Crippen molar-refractivity contribution in [2.45, 2.75) is 43.5 Å². The molecule has 1 spiro atoms. The Hall–Kier alpha value is -1.57. The Morgan fingerprint density at radius 2 is 2.09 bits per heavy atom. The highest BCUT2D eigenvalue weighted by Gasteiger charge is 2.52. The van der Waals surface area contributed by atoms with Gasteiger partial charge in [0.2, 0.25) is 0 Å². The fourth-order valence-corrected chi connectivity index (χ4v) is 3.32. The molecular weight excluding hydrogens is 286 g/mol. The second kappa shape index (κ2) is 5.57. The number of rotatable bonds is 1. The molecule has 0 aromatic carbocycles. The van der Waals surface area contributed by atoms with Crippen LogP contribution < -0.4 is 0 Å². The van der Waals surface area contributed by atoms with Crippen LogP contribution in [0.15, 0.2) is 18.6 Å². The highest BCUT2D eigenvalue weighted by molar-refractivity contribution is 5.92. The summed E-state index contributed by atoms with van der Waals surface area (Å²) in [5.41, 5.74) is -1.59. The molecule has 2 fully saturated rings. The van der Waals surface area contributed by atoms with E-state index in [1.165, 1.54) is 18.6 Å². The van der Waals surface area contributed by atoms with Gasteiger partial charge in [0.25, 0.3) is 5.91 Å². The van der Waals surface area contributed by atoms with Crippen LogP contribution in [0.1, 0.15) is 36.7 Å². The van der Waals surface area contributed by atoms with Gasteiger partial charge in [0.15, 0.2) is 0 Å². The molecule has 0 aliphatic carbocycles. The molecular formula is C15H21N3O4. The molecule has 2 N–H and O–H groups in total. The van der Waals surface area contributed by atoms with Gasteiger partial charge in [-0.15, -0.1) is 0 Å². The molecule has 1 aromatic heterocycles. The van der Waals surface area contributed by atoms with Gasteiger partial charge >= 0.3 is 0 Å². The molecule has 0 bridgehead atoms. The summed E-state index contributed by atoms with van der Waals surface area (Å²) >= 11 is 0. The molecule has 7 nitrogen and oxygen atoms in total. The zero-order chi connectivity index (χ0) is 15.8. The van der Waals surface area contributed by atoms with Gasteiger partial charge < -0.3 is 19.8 Å². The van der Waals surface area contributed by atoms with Crippen molar-refractivity contribution < 1.29 is 19.7 Å². The second-order valence-corrected chi connectivity index (χ2v) is 6.31. The van der Waals surface area contributed by atoms with Crippen LogP contribution >= 0.6 is 0 Å². The van der Waals surface area contributed by atoms with Gasteiger partial charge in [-0.2, -0.15) is 0 Å². The van der Waals surface area contributed by atoms with E-state index in [-0.39, 0.29) is 5.91 Å². The van der Waals surface area contributed by atoms with E-state index in [2.05, 4.69) is 9.97 Å². The van der Waals surface area contributed by atoms with Gasteiger partial charge in [-0.1, -0.05) is 0 Å². The Morgan fingerprint density at radius 1 is 1.36 bits per heavy atom. The number of ether oxygens (including phenoxy) is 1. The van der Waals surface area contributed by atoms with Crippen LogP contribution in [-0.4, -0.2) is 68.0 Å². The number of carbonyl (C=O) groups excluding carboxylic acids is 1. The van der Waals surface area contributed by atoms with Crippen LogP contribution in [0.3, 0.4) is 0 Å². The number of piperidine rings is 1. The number of likely N-dealkylation sites (tertiary alicyclic amines) is 1. The Morgan fingerprint density at radius 3 is 2.73 bits per heavy atom. The minimum absolute atomic E-state index is 0.167. The topological polar surface area (TPSA) is 95.8 Å². The lowest BCUT2D eigenvalue weighted by molar-refractivity contribution is -0.244. The Bertz CT molecular complexity index is 541. The van der Waals surface area contributed by atoms with Crippen molar-refractivity contribution in [2.24, 2.45) is 0 Å². The highest BCUT2D eigenvalue weighted by Crippen LogP contribution is 2.39. The fourth-order valence-electron chi connectivity index (χ4n) is 3.32. The highest BCUT2D eigenvalue weighted by atomic mass is 16.5. The third kappa shape index (κ3) is 2.60. The molecule has 2 aliphatic heterocycles. The maximum Gasteiger partial charge on any atom is 0.274 e. The van der Waals surface area contributed by atoms with Gasteiger partial charge in [-0.05, 0) is 19.8 Å². The summed E-state index contributed by atoms with van der Waals surface area (Å²) in [6.07, 6.45) is 4.93. The van der Waals surface area contributed by atoms with Crippen molar-refractivity contribution in [3.8, 4) is 0 Å². The quantitative estimate of drug-likeness (QED) is 0.757. The molecule has 0 radical (unpaired) electrons. The van der Waals surface area contributed by atoms with E-state index in [1.807, 2.05) is 0 Å². The van der Waals surface area contributed by atoms with Crippen molar-refractivity contribution in [2.75, 3.05) is 19.7 Å². The smallest absolute Gasteiger partial charge is 0.274 e. The van der Waals surface area contributed by atoms with Gasteiger partial charge in [-0.25, -0.2) is 4.98 Å². The van der Waals surface area contributed by atoms with Gasteiger partial charge in [0, 0.05) is 31.9 Å². The zero-order valence-electron chi connectivity index (χ0n) is 12.6. The predicted molar refractivity (Wildman–Crippen MR) is 77.1 cm³/mol. The SMILES string of the molecule is C[C@@]1(O)CCOC2(CCN(C(=O)c3cnccn3)CC2)[C@H]1O. The third-order valence-corrected chi connectivity index (χ3v) is 4.76. The second-order valence-electron chi connectivity index (χ2n) is 6.31. The molecule has 22 heavy (non-hydrogen) atoms. The summed E-state index contributed by atoms with van der Waals surface area (Å²) in [7, 11) is 0. The van der Waals surface area contributed by atoms with Crippen molar-refractivity contribution in [3.05, 3.63) is 24.3 Å². The molecule has 2 atom stereocenters. The summed E-state index contributed by atoms with van der Waals surface area (Å²) in [5, 5.41) is 20.7. The lowest BCUT2D eigenvalue weighted by atomic mass is 9.75. The lowest BCUT2D eigenvalue weighted by Gasteiger charge is -2.51. The van der Waals surface area contributed by atoms with E-state index < -0.39 is 17.3 Å². The number of hydrogen-bond acceptors (Lipinski definition) is 6. The first kappa shape index (κ1) is 15.3. The first-order valence-electron chi connectivity index (χ1n) is 7.54. The van der Waals surface area contributed by atoms with E-state index in [0.29, 0.717) is 44.7 Å². The average Bonchev–Trinajstić information content (AvgIpc) is 2.53. The maximum atomic E-state index is 12.4. The Balaban J connectivity index is 1.69. The first-order chi connectivity index (χ1) is 10.4. The molecule has 3 rings (SSSR count). The molecule has 0 saturated carbocycles. The fraction of sp³-hybridized carbons (Fsp3) is 0.667. The lowest BCUT2D eigenvalue weighted by Crippen LogP contribution is -2.64. The largest absolute Gasteiger partial charge is 0.387 e. The van der Waals surface area contributed by atoms with Crippen LogP contribution in [0.25, 0.3) is 0 Å². The summed E-state index contributed by atoms with van der Waals surface area (Å²) in [4.78, 5) is 22.0. The number of carbonyl (C=O) groups is 1. The Labute approximate surface area is 128 Å². The monoisotopic (exact) mass is 307 g/mol. The molecule has 1 amide bonds. The van der Waals surface area contributed by atoms with Crippen molar-refractivity contribution in [1.29, 1.82) is 0 Å². The summed E-state index contributed by atoms with van der Waals surface area (Å²) in [6.45, 7) is 2.98. The summed E-state index contributed by atoms with van der Waals surface area (Å²) in [5.74, 6) is -0.167. The van der Waals surface area contributed by atoms with Crippen LogP contribution in [0.4, 0.5) is 0 Å². The van der Waals surface area contributed by atoms with Gasteiger partial charge in [-0.3, -0.25) is 9.78 Å². The van der Waals surface area contributed by atoms with E-state index >= 15 is 0 Å². The van der Waals surface area contributed by atoms with Crippen LogP contribution in [-0.2, 0) is 4.74 Å². The number of hydrogen-bond donors (Lipinski definition) is 2. The van der Waals surface area contributed by atoms with Crippen molar-refractivity contribution in [1.82, 2.24) is 14.9 Å². The molecule has 0 unspecified atom stereocenters. The van der Waals surface area contributed by atoms with E-state index in [1.54, 1.807) is 11.8 Å². The first-order valence-corrected chi connectivity index (χ1v) is 7.54. The molecule has 3 heterocycles. The van der Waals surface area contributed by atoms with Crippen LogP contribution in [0, 0.1) is 0 Å². The van der Waals surface area contributed by atoms with Gasteiger partial charge in [0.1, 0.15) is 17.4 Å². The van der Waals surface area contributed by atoms with Gasteiger partial charge in [0.05, 0.1) is 18.4 Å². The average molecular weight is 307 g/mol. The molecule has 120 valence electrons. The minimum atomic E-state index is -1.14. The number of amides is 1. The summed E-state index contributed by atoms with van der Waals surface area (Å²) in [6, 6.07) is 0. The molecule has 2 saturated heterocycles. The third-order valence-electron chi connectivity index (χ3n) is 4.76. The number of nitrogens with zero attached hydrogens (tertiary/aromatic N) is 3. The van der Waals surface area contributed by atoms with E-state index in [4.69, 9.17) is 4.74 Å². The minimum Gasteiger partial charge on any atom is -0.387 e. The summed E-state index contributed by atoms with van der Waals surface area (Å²) < 4.78 is 5.81. The number of aliphatic hydroxyl groups excluding tert-OH is 1. The predicted octanol–water partition coefficient (Wildman–Crippen LogP) is -0.0164. The maximum absolute atomic E-state index is 12.4. The van der Waals surface area contributed by atoms with Crippen molar-refractivity contribution in [3.63, 3.8) is 0 Å². The van der Waals surface area contributed by atoms with Crippen molar-refractivity contribution >= 4 is 5.91 Å². The number of aliphatic hydroxyl groups is 2. The zero-order valence-corrected chi connectivity index (χ0v) is 12.6. The van der Waals surface area contributed by atoms with Crippen LogP contribution in [0.2, 0.25) is 0 Å². The normalized spacial score (nSPS) is 31.2. The molecule has 7 heteroatoms. The Kier molecular flexibility index (Phi) is 3.88. The van der Waals surface area contributed by atoms with E-state index in [9.17, 15) is 15.0 Å². The number of aromatic nitrogens is 2. The molecule has 1 aromatic rings.